The largest absolute Gasteiger partial charge is 0.384 e. The molecule has 0 amide bonds. The molecule has 0 aliphatic heterocycles. The topological polar surface area (TPSA) is 96.4 Å². The van der Waals surface area contributed by atoms with Crippen molar-refractivity contribution in [3.8, 4) is 0 Å². The van der Waals surface area contributed by atoms with E-state index in [1.54, 1.807) is 6.07 Å². The van der Waals surface area contributed by atoms with Crippen LogP contribution in [0.5, 0.6) is 0 Å². The van der Waals surface area contributed by atoms with E-state index in [9.17, 15) is 16.8 Å². The molecule has 9 heteroatoms. The summed E-state index contributed by atoms with van der Waals surface area (Å²) in [7, 11) is -5.64. The molecule has 0 bridgehead atoms. The van der Waals surface area contributed by atoms with Gasteiger partial charge in [0.25, 0.3) is 0 Å². The average molecular weight is 335 g/mol. The van der Waals surface area contributed by atoms with E-state index in [-0.39, 0.29) is 17.2 Å². The highest BCUT2D eigenvalue weighted by atomic mass is 32.2. The van der Waals surface area contributed by atoms with Crippen molar-refractivity contribution in [1.29, 1.82) is 0 Å². The highest BCUT2D eigenvalue weighted by Gasteiger charge is 2.24. The van der Waals surface area contributed by atoms with Crippen LogP contribution in [0.25, 0.3) is 0 Å². The lowest BCUT2D eigenvalue weighted by Gasteiger charge is -2.19. The first-order valence-corrected chi connectivity index (χ1v) is 10.0. The monoisotopic (exact) mass is 335 g/mol. The van der Waals surface area contributed by atoms with Crippen LogP contribution in [-0.4, -0.2) is 58.3 Å². The average Bonchev–Trinajstić information content (AvgIpc) is 2.41. The van der Waals surface area contributed by atoms with E-state index in [1.807, 2.05) is 6.92 Å². The molecule has 0 atom stereocenters. The summed E-state index contributed by atoms with van der Waals surface area (Å²) >= 11 is 0. The van der Waals surface area contributed by atoms with E-state index < -0.39 is 19.9 Å². The summed E-state index contributed by atoms with van der Waals surface area (Å²) in [6, 6.07) is 1.59. The Morgan fingerprint density at radius 2 is 1.95 bits per heavy atom. The molecule has 120 valence electrons. The molecule has 0 saturated carbocycles. The second-order valence-electron chi connectivity index (χ2n) is 4.76. The van der Waals surface area contributed by atoms with Crippen molar-refractivity contribution in [2.45, 2.75) is 18.2 Å². The lowest BCUT2D eigenvalue weighted by Crippen LogP contribution is -2.32. The van der Waals surface area contributed by atoms with Crippen molar-refractivity contribution in [2.24, 2.45) is 0 Å². The summed E-state index contributed by atoms with van der Waals surface area (Å²) in [6.07, 6.45) is 4.70. The van der Waals surface area contributed by atoms with Gasteiger partial charge in [-0.1, -0.05) is 6.92 Å². The fourth-order valence-electron chi connectivity index (χ4n) is 1.57. The fraction of sp³-hybridized carbons (Fsp3) is 0.583. The number of hydrogen-bond acceptors (Lipinski definition) is 6. The number of nitrogens with zero attached hydrogens (tertiary/aromatic N) is 2. The maximum Gasteiger partial charge on any atom is 0.246 e. The van der Waals surface area contributed by atoms with Gasteiger partial charge in [0.2, 0.25) is 10.0 Å². The second kappa shape index (κ2) is 7.19. The number of aromatic nitrogens is 1. The standard InChI is InChI=1S/C12H21N3O4S2/c1-4-6-14-11-5-7-13-10-12(11)21(18,19)15(2)8-9-20(3,16)17/h5,7,10H,4,6,8-9H2,1-3H3,(H,13,14). The first-order chi connectivity index (χ1) is 9.68. The maximum atomic E-state index is 12.5. The summed E-state index contributed by atoms with van der Waals surface area (Å²) < 4.78 is 48.3. The molecule has 21 heavy (non-hydrogen) atoms. The predicted molar refractivity (Wildman–Crippen MR) is 82.5 cm³/mol. The zero-order chi connectivity index (χ0) is 16.1. The Kier molecular flexibility index (Phi) is 6.11. The highest BCUT2D eigenvalue weighted by molar-refractivity contribution is 7.91. The van der Waals surface area contributed by atoms with Gasteiger partial charge in [-0.05, 0) is 12.5 Å². The van der Waals surface area contributed by atoms with E-state index in [4.69, 9.17) is 0 Å². The minimum atomic E-state index is -3.78. The van der Waals surface area contributed by atoms with Crippen LogP contribution >= 0.6 is 0 Å². The van der Waals surface area contributed by atoms with Crippen molar-refractivity contribution in [1.82, 2.24) is 9.29 Å². The number of rotatable bonds is 8. The predicted octanol–water partition coefficient (Wildman–Crippen LogP) is 0.569. The van der Waals surface area contributed by atoms with E-state index in [2.05, 4.69) is 10.3 Å². The zero-order valence-corrected chi connectivity index (χ0v) is 14.0. The molecular weight excluding hydrogens is 314 g/mol. The molecule has 0 unspecified atom stereocenters. The van der Waals surface area contributed by atoms with Gasteiger partial charge in [-0.15, -0.1) is 0 Å². The van der Waals surface area contributed by atoms with Crippen molar-refractivity contribution in [2.75, 3.05) is 37.5 Å². The molecule has 0 radical (unpaired) electrons. The second-order valence-corrected chi connectivity index (χ2v) is 9.03. The van der Waals surface area contributed by atoms with Gasteiger partial charge in [-0.3, -0.25) is 4.98 Å². The van der Waals surface area contributed by atoms with Crippen molar-refractivity contribution < 1.29 is 16.8 Å². The fourth-order valence-corrected chi connectivity index (χ4v) is 3.57. The first-order valence-electron chi connectivity index (χ1n) is 6.50. The van der Waals surface area contributed by atoms with E-state index in [0.717, 1.165) is 17.0 Å². The summed E-state index contributed by atoms with van der Waals surface area (Å²) in [5.74, 6) is -0.222. The summed E-state index contributed by atoms with van der Waals surface area (Å²) in [5, 5.41) is 3.03. The zero-order valence-electron chi connectivity index (χ0n) is 12.4. The van der Waals surface area contributed by atoms with E-state index >= 15 is 0 Å². The van der Waals surface area contributed by atoms with Crippen LogP contribution in [0.15, 0.2) is 23.4 Å². The molecule has 1 heterocycles. The normalized spacial score (nSPS) is 12.6. The third-order valence-electron chi connectivity index (χ3n) is 2.82. The van der Waals surface area contributed by atoms with Crippen molar-refractivity contribution in [3.63, 3.8) is 0 Å². The van der Waals surface area contributed by atoms with Gasteiger partial charge >= 0.3 is 0 Å². The number of sulfonamides is 1. The Balaban J connectivity index is 3.01. The number of pyridine rings is 1. The smallest absolute Gasteiger partial charge is 0.246 e. The minimum absolute atomic E-state index is 0.0504. The van der Waals surface area contributed by atoms with Crippen LogP contribution in [0.3, 0.4) is 0 Å². The maximum absolute atomic E-state index is 12.5. The Hall–Kier alpha value is -1.19. The molecule has 0 aliphatic rings. The van der Waals surface area contributed by atoms with Crippen LogP contribution in [0.1, 0.15) is 13.3 Å². The quantitative estimate of drug-likeness (QED) is 0.746. The van der Waals surface area contributed by atoms with E-state index in [0.29, 0.717) is 12.2 Å². The van der Waals surface area contributed by atoms with Crippen molar-refractivity contribution in [3.05, 3.63) is 18.5 Å². The Morgan fingerprint density at radius 1 is 1.29 bits per heavy atom. The molecule has 0 saturated heterocycles. The van der Waals surface area contributed by atoms with Gasteiger partial charge in [-0.2, -0.15) is 4.31 Å². The molecule has 1 N–H and O–H groups in total. The number of hydrogen-bond donors (Lipinski definition) is 1. The molecule has 1 rings (SSSR count). The summed E-state index contributed by atoms with van der Waals surface area (Å²) in [5.41, 5.74) is 0.470. The van der Waals surface area contributed by atoms with E-state index in [1.165, 1.54) is 19.4 Å². The van der Waals surface area contributed by atoms with Gasteiger partial charge in [0.1, 0.15) is 14.7 Å². The van der Waals surface area contributed by atoms with Crippen LogP contribution in [0.2, 0.25) is 0 Å². The molecule has 0 fully saturated rings. The van der Waals surface area contributed by atoms with Crippen LogP contribution in [0, 0.1) is 0 Å². The highest BCUT2D eigenvalue weighted by Crippen LogP contribution is 2.22. The van der Waals surface area contributed by atoms with Crippen LogP contribution in [0.4, 0.5) is 5.69 Å². The number of sulfone groups is 1. The van der Waals surface area contributed by atoms with Crippen LogP contribution < -0.4 is 5.32 Å². The molecule has 0 spiro atoms. The SMILES string of the molecule is CCCNc1ccncc1S(=O)(=O)N(C)CCS(C)(=O)=O. The van der Waals surface area contributed by atoms with Gasteiger partial charge in [-0.25, -0.2) is 16.8 Å². The van der Waals surface area contributed by atoms with Gasteiger partial charge in [0.05, 0.1) is 11.4 Å². The summed E-state index contributed by atoms with van der Waals surface area (Å²) in [4.78, 5) is 3.90. The molecule has 1 aromatic rings. The third-order valence-corrected chi connectivity index (χ3v) is 5.62. The third kappa shape index (κ3) is 5.25. The number of nitrogens with one attached hydrogen (secondary N) is 1. The van der Waals surface area contributed by atoms with Gasteiger partial charge in [0, 0.05) is 38.8 Å². The van der Waals surface area contributed by atoms with Gasteiger partial charge in [0.15, 0.2) is 0 Å². The van der Waals surface area contributed by atoms with Crippen LogP contribution in [-0.2, 0) is 19.9 Å². The Morgan fingerprint density at radius 3 is 2.52 bits per heavy atom. The molecular formula is C12H21N3O4S2. The first kappa shape index (κ1) is 17.9. The molecule has 0 aromatic carbocycles. The minimum Gasteiger partial charge on any atom is -0.384 e. The molecule has 1 aromatic heterocycles. The molecule has 0 aliphatic carbocycles. The van der Waals surface area contributed by atoms with Gasteiger partial charge < -0.3 is 5.32 Å². The Bertz CT molecular complexity index is 671. The lowest BCUT2D eigenvalue weighted by atomic mass is 10.4. The molecule has 7 nitrogen and oxygen atoms in total. The number of anilines is 1. The Labute approximate surface area is 126 Å². The van der Waals surface area contributed by atoms with Crippen molar-refractivity contribution >= 4 is 25.5 Å². The lowest BCUT2D eigenvalue weighted by molar-refractivity contribution is 0.485. The summed E-state index contributed by atoms with van der Waals surface area (Å²) in [6.45, 7) is 2.52.